The highest BCUT2D eigenvalue weighted by Gasteiger charge is 2.02. The molecule has 13 heavy (non-hydrogen) atoms. The van der Waals surface area contributed by atoms with Crippen LogP contribution in [0.1, 0.15) is 22.3 Å². The van der Waals surface area contributed by atoms with Gasteiger partial charge in [0.05, 0.1) is 0 Å². The normalized spacial score (nSPS) is 11.8. The summed E-state index contributed by atoms with van der Waals surface area (Å²) in [6.07, 6.45) is 0. The molecule has 0 fully saturated rings. The van der Waals surface area contributed by atoms with Gasteiger partial charge < -0.3 is 15.3 Å². The Balaban J connectivity index is 3.35. The molecule has 0 saturated carbocycles. The van der Waals surface area contributed by atoms with E-state index < -0.39 is 5.97 Å². The second kappa shape index (κ2) is 3.10. The Bertz CT molecular complexity index is 324. The number of aryl methyl sites for hydroxylation is 1. The summed E-state index contributed by atoms with van der Waals surface area (Å²) in [7, 11) is 0. The van der Waals surface area contributed by atoms with Crippen LogP contribution < -0.4 is 15.3 Å². The maximum absolute atomic E-state index is 10.7. The van der Waals surface area contributed by atoms with Crippen molar-refractivity contribution in [3.63, 3.8) is 0 Å². The van der Waals surface area contributed by atoms with E-state index in [1.54, 1.807) is 19.9 Å². The summed E-state index contributed by atoms with van der Waals surface area (Å²) in [6, 6.07) is 2.95. The second-order valence-electron chi connectivity index (χ2n) is 3.24. The van der Waals surface area contributed by atoms with Gasteiger partial charge in [0, 0.05) is 0 Å². The SMILES string of the molecule is Cc1ccc(C([O-])([O-])[O-])c(C)c1C. The zero-order valence-corrected chi connectivity index (χ0v) is 7.88. The van der Waals surface area contributed by atoms with Gasteiger partial charge in [-0.05, 0) is 37.5 Å². The molecular weight excluding hydrogens is 168 g/mol. The van der Waals surface area contributed by atoms with Gasteiger partial charge in [0.15, 0.2) is 0 Å². The summed E-state index contributed by atoms with van der Waals surface area (Å²) < 4.78 is 0. The van der Waals surface area contributed by atoms with Crippen molar-refractivity contribution in [3.05, 3.63) is 34.4 Å². The first-order valence-electron chi connectivity index (χ1n) is 4.02. The Kier molecular flexibility index (Phi) is 2.43. The van der Waals surface area contributed by atoms with Crippen LogP contribution in [-0.4, -0.2) is 0 Å². The minimum atomic E-state index is -3.48. The van der Waals surface area contributed by atoms with E-state index in [1.807, 2.05) is 6.92 Å². The maximum Gasteiger partial charge on any atom is -0.0392 e. The van der Waals surface area contributed by atoms with Crippen molar-refractivity contribution < 1.29 is 15.3 Å². The van der Waals surface area contributed by atoms with Gasteiger partial charge in [-0.3, -0.25) is 5.97 Å². The van der Waals surface area contributed by atoms with Crippen LogP contribution in [0.2, 0.25) is 0 Å². The van der Waals surface area contributed by atoms with Gasteiger partial charge in [0.2, 0.25) is 0 Å². The molecule has 0 amide bonds. The van der Waals surface area contributed by atoms with Crippen LogP contribution in [0.25, 0.3) is 0 Å². The van der Waals surface area contributed by atoms with Crippen LogP contribution in [0.5, 0.6) is 0 Å². The van der Waals surface area contributed by atoms with Crippen molar-refractivity contribution in [2.75, 3.05) is 0 Å². The standard InChI is InChI=1S/C10H11O3/c1-6-4-5-9(10(11,12)13)8(3)7(6)2/h4-5H,1-3H3/q-3. The summed E-state index contributed by atoms with van der Waals surface area (Å²) in [5.41, 5.74) is 2.13. The van der Waals surface area contributed by atoms with Gasteiger partial charge in [-0.2, -0.15) is 0 Å². The number of benzene rings is 1. The van der Waals surface area contributed by atoms with Crippen LogP contribution in [0, 0.1) is 20.8 Å². The molecule has 0 aliphatic rings. The summed E-state index contributed by atoms with van der Waals surface area (Å²) in [6.45, 7) is 5.29. The molecule has 3 nitrogen and oxygen atoms in total. The molecular formula is C10H11O3-3. The topological polar surface area (TPSA) is 69.2 Å². The molecule has 0 N–H and O–H groups in total. The molecule has 0 saturated heterocycles. The molecule has 72 valence electrons. The first-order valence-corrected chi connectivity index (χ1v) is 4.02. The molecule has 3 heteroatoms. The average molecular weight is 179 g/mol. The Labute approximate surface area is 77.3 Å². The van der Waals surface area contributed by atoms with E-state index >= 15 is 0 Å². The first-order chi connectivity index (χ1) is 5.84. The monoisotopic (exact) mass is 179 g/mol. The van der Waals surface area contributed by atoms with Crippen molar-refractivity contribution in [1.29, 1.82) is 0 Å². The zero-order chi connectivity index (χ0) is 10.2. The third-order valence-electron chi connectivity index (χ3n) is 2.39. The minimum Gasteiger partial charge on any atom is -0.873 e. The van der Waals surface area contributed by atoms with Crippen LogP contribution in [0.3, 0.4) is 0 Å². The minimum absolute atomic E-state index is 0.199. The molecule has 0 aliphatic heterocycles. The smallest absolute Gasteiger partial charge is 0.0392 e. The fraction of sp³-hybridized carbons (Fsp3) is 0.400. The molecule has 0 radical (unpaired) electrons. The molecule has 0 heterocycles. The van der Waals surface area contributed by atoms with Gasteiger partial charge in [-0.15, -0.1) is 0 Å². The third-order valence-corrected chi connectivity index (χ3v) is 2.39. The van der Waals surface area contributed by atoms with Gasteiger partial charge in [0.1, 0.15) is 0 Å². The summed E-state index contributed by atoms with van der Waals surface area (Å²) in [5.74, 6) is -3.48. The Hall–Kier alpha value is -0.900. The molecule has 1 rings (SSSR count). The largest absolute Gasteiger partial charge is 0.873 e. The average Bonchev–Trinajstić information content (AvgIpc) is 1.98. The molecule has 0 aliphatic carbocycles. The Morgan fingerprint density at radius 3 is 1.92 bits per heavy atom. The highest BCUT2D eigenvalue weighted by molar-refractivity contribution is 5.39. The lowest BCUT2D eigenvalue weighted by Gasteiger charge is -2.59. The van der Waals surface area contributed by atoms with Gasteiger partial charge in [-0.25, -0.2) is 0 Å². The predicted molar refractivity (Wildman–Crippen MR) is 42.3 cm³/mol. The molecule has 0 aromatic heterocycles. The molecule has 0 atom stereocenters. The van der Waals surface area contributed by atoms with Crippen molar-refractivity contribution in [2.24, 2.45) is 0 Å². The van der Waals surface area contributed by atoms with E-state index in [2.05, 4.69) is 0 Å². The van der Waals surface area contributed by atoms with Gasteiger partial charge in [-0.1, -0.05) is 17.7 Å². The lowest BCUT2D eigenvalue weighted by molar-refractivity contribution is -0.920. The molecule has 1 aromatic rings. The molecule has 0 bridgehead atoms. The fourth-order valence-corrected chi connectivity index (χ4v) is 1.29. The number of rotatable bonds is 1. The van der Waals surface area contributed by atoms with Crippen molar-refractivity contribution >= 4 is 0 Å². The predicted octanol–water partition coefficient (Wildman–Crippen LogP) is -1.20. The lowest BCUT2D eigenvalue weighted by Crippen LogP contribution is -2.63. The maximum atomic E-state index is 10.7. The second-order valence-corrected chi connectivity index (χ2v) is 3.24. The summed E-state index contributed by atoms with van der Waals surface area (Å²) in [5, 5.41) is 32.0. The van der Waals surface area contributed by atoms with Crippen LogP contribution >= 0.6 is 0 Å². The van der Waals surface area contributed by atoms with E-state index in [9.17, 15) is 15.3 Å². The van der Waals surface area contributed by atoms with E-state index in [0.717, 1.165) is 11.1 Å². The summed E-state index contributed by atoms with van der Waals surface area (Å²) >= 11 is 0. The molecule has 0 spiro atoms. The highest BCUT2D eigenvalue weighted by atomic mass is 16.7. The van der Waals surface area contributed by atoms with Crippen LogP contribution in [0.4, 0.5) is 0 Å². The summed E-state index contributed by atoms with van der Waals surface area (Å²) in [4.78, 5) is 0. The van der Waals surface area contributed by atoms with E-state index in [-0.39, 0.29) is 5.56 Å². The van der Waals surface area contributed by atoms with E-state index in [1.165, 1.54) is 6.07 Å². The Morgan fingerprint density at radius 2 is 1.46 bits per heavy atom. The van der Waals surface area contributed by atoms with Gasteiger partial charge >= 0.3 is 0 Å². The van der Waals surface area contributed by atoms with Crippen molar-refractivity contribution in [3.8, 4) is 0 Å². The van der Waals surface area contributed by atoms with Crippen LogP contribution in [0.15, 0.2) is 12.1 Å². The Morgan fingerprint density at radius 1 is 0.923 bits per heavy atom. The lowest BCUT2D eigenvalue weighted by atomic mass is 9.98. The molecule has 1 aromatic carbocycles. The number of hydrogen-bond acceptors (Lipinski definition) is 3. The number of hydrogen-bond donors (Lipinski definition) is 0. The van der Waals surface area contributed by atoms with E-state index in [4.69, 9.17) is 0 Å². The van der Waals surface area contributed by atoms with Crippen molar-refractivity contribution in [1.82, 2.24) is 0 Å². The quantitative estimate of drug-likeness (QED) is 0.509. The molecule has 0 unspecified atom stereocenters. The third kappa shape index (κ3) is 1.88. The zero-order valence-electron chi connectivity index (χ0n) is 7.88. The van der Waals surface area contributed by atoms with E-state index in [0.29, 0.717) is 5.56 Å². The van der Waals surface area contributed by atoms with Crippen LogP contribution in [-0.2, 0) is 5.97 Å². The van der Waals surface area contributed by atoms with Crippen molar-refractivity contribution in [2.45, 2.75) is 26.7 Å². The first kappa shape index (κ1) is 10.2. The van der Waals surface area contributed by atoms with Gasteiger partial charge in [0.25, 0.3) is 0 Å². The highest BCUT2D eigenvalue weighted by Crippen LogP contribution is 2.19. The fourth-order valence-electron chi connectivity index (χ4n) is 1.29.